The Labute approximate surface area is 93.3 Å². The number of nitrogens with one attached hydrogen (secondary N) is 1. The number of thiazole rings is 1. The van der Waals surface area contributed by atoms with Crippen LogP contribution in [0.4, 0.5) is 5.13 Å². The van der Waals surface area contributed by atoms with Crippen molar-refractivity contribution in [3.63, 3.8) is 0 Å². The molecular formula is C9H16N4OS. The van der Waals surface area contributed by atoms with E-state index in [0.29, 0.717) is 6.54 Å². The van der Waals surface area contributed by atoms with Gasteiger partial charge >= 0.3 is 0 Å². The summed E-state index contributed by atoms with van der Waals surface area (Å²) in [5.74, 6) is -0.340. The average molecular weight is 228 g/mol. The summed E-state index contributed by atoms with van der Waals surface area (Å²) >= 11 is 1.59. The van der Waals surface area contributed by atoms with Crippen molar-refractivity contribution in [3.8, 4) is 0 Å². The Morgan fingerprint density at radius 1 is 1.73 bits per heavy atom. The summed E-state index contributed by atoms with van der Waals surface area (Å²) in [5.41, 5.74) is 5.13. The Hall–Kier alpha value is -1.14. The lowest BCUT2D eigenvalue weighted by Crippen LogP contribution is -2.38. The summed E-state index contributed by atoms with van der Waals surface area (Å²) < 4.78 is 0. The molecule has 3 N–H and O–H groups in total. The Bertz CT molecular complexity index is 337. The molecule has 15 heavy (non-hydrogen) atoms. The highest BCUT2D eigenvalue weighted by molar-refractivity contribution is 7.15. The molecule has 0 bridgehead atoms. The third kappa shape index (κ3) is 3.49. The number of anilines is 1. The van der Waals surface area contributed by atoms with Gasteiger partial charge in [0.25, 0.3) is 0 Å². The second-order valence-electron chi connectivity index (χ2n) is 3.51. The van der Waals surface area contributed by atoms with Crippen LogP contribution in [-0.2, 0) is 11.3 Å². The molecule has 0 aliphatic rings. The van der Waals surface area contributed by atoms with Gasteiger partial charge in [0.15, 0.2) is 5.13 Å². The van der Waals surface area contributed by atoms with E-state index in [1.54, 1.807) is 24.5 Å². The molecule has 1 heterocycles. The quantitative estimate of drug-likeness (QED) is 0.754. The fourth-order valence-electron chi connectivity index (χ4n) is 0.940. The molecule has 5 nitrogen and oxygen atoms in total. The minimum Gasteiger partial charge on any atom is -0.368 e. The van der Waals surface area contributed by atoms with Gasteiger partial charge in [0.05, 0.1) is 6.04 Å². The van der Waals surface area contributed by atoms with Crippen LogP contribution in [0.25, 0.3) is 0 Å². The zero-order valence-electron chi connectivity index (χ0n) is 9.15. The van der Waals surface area contributed by atoms with Gasteiger partial charge in [0.1, 0.15) is 0 Å². The summed E-state index contributed by atoms with van der Waals surface area (Å²) in [7, 11) is 3.89. The number of aromatic nitrogens is 1. The highest BCUT2D eigenvalue weighted by Gasteiger charge is 2.09. The molecule has 0 radical (unpaired) electrons. The van der Waals surface area contributed by atoms with E-state index in [1.807, 2.05) is 19.0 Å². The van der Waals surface area contributed by atoms with Gasteiger partial charge in [-0.05, 0) is 6.92 Å². The molecule has 0 aliphatic heterocycles. The molecular weight excluding hydrogens is 212 g/mol. The van der Waals surface area contributed by atoms with E-state index >= 15 is 0 Å². The van der Waals surface area contributed by atoms with E-state index in [9.17, 15) is 4.79 Å². The summed E-state index contributed by atoms with van der Waals surface area (Å²) in [6, 6.07) is -0.310. The Morgan fingerprint density at radius 2 is 2.40 bits per heavy atom. The van der Waals surface area contributed by atoms with Gasteiger partial charge in [-0.15, -0.1) is 11.3 Å². The van der Waals surface area contributed by atoms with Crippen LogP contribution in [0.2, 0.25) is 0 Å². The van der Waals surface area contributed by atoms with Crippen molar-refractivity contribution in [1.29, 1.82) is 0 Å². The predicted octanol–water partition coefficient (Wildman–Crippen LogP) is 0.173. The smallest absolute Gasteiger partial charge is 0.234 e. The fourth-order valence-corrected chi connectivity index (χ4v) is 1.72. The first-order valence-electron chi connectivity index (χ1n) is 4.65. The van der Waals surface area contributed by atoms with E-state index in [1.165, 1.54) is 0 Å². The van der Waals surface area contributed by atoms with Crippen LogP contribution < -0.4 is 16.0 Å². The topological polar surface area (TPSA) is 71.2 Å². The lowest BCUT2D eigenvalue weighted by molar-refractivity contribution is -0.119. The first-order chi connectivity index (χ1) is 7.00. The van der Waals surface area contributed by atoms with E-state index in [0.717, 1.165) is 10.0 Å². The van der Waals surface area contributed by atoms with Crippen molar-refractivity contribution in [1.82, 2.24) is 10.3 Å². The van der Waals surface area contributed by atoms with Crippen LogP contribution in [0.5, 0.6) is 0 Å². The maximum absolute atomic E-state index is 10.8. The molecule has 0 aromatic carbocycles. The monoisotopic (exact) mass is 228 g/mol. The normalized spacial score (nSPS) is 12.5. The molecule has 0 unspecified atom stereocenters. The number of rotatable bonds is 5. The third-order valence-electron chi connectivity index (χ3n) is 1.93. The van der Waals surface area contributed by atoms with Gasteiger partial charge < -0.3 is 16.0 Å². The molecule has 84 valence electrons. The van der Waals surface area contributed by atoms with Crippen molar-refractivity contribution in [2.45, 2.75) is 19.5 Å². The number of primary amides is 1. The summed E-state index contributed by atoms with van der Waals surface area (Å²) in [6.45, 7) is 2.37. The number of nitrogens with two attached hydrogens (primary N) is 1. The molecule has 0 fully saturated rings. The number of amides is 1. The lowest BCUT2D eigenvalue weighted by Gasteiger charge is -2.08. The van der Waals surface area contributed by atoms with Gasteiger partial charge in [0.2, 0.25) is 5.91 Å². The average Bonchev–Trinajstić information content (AvgIpc) is 2.62. The predicted molar refractivity (Wildman–Crippen MR) is 61.9 cm³/mol. The summed E-state index contributed by atoms with van der Waals surface area (Å²) in [5, 5.41) is 3.98. The minimum atomic E-state index is -0.340. The van der Waals surface area contributed by atoms with Crippen LogP contribution in [0, 0.1) is 0 Å². The largest absolute Gasteiger partial charge is 0.368 e. The molecule has 1 atom stereocenters. The van der Waals surface area contributed by atoms with Gasteiger partial charge in [-0.1, -0.05) is 0 Å². The van der Waals surface area contributed by atoms with Crippen molar-refractivity contribution < 1.29 is 4.79 Å². The third-order valence-corrected chi connectivity index (χ3v) is 3.10. The standard InChI is InChI=1S/C9H16N4OS/c1-6(8(10)14)11-4-7-5-12-9(15-7)13(2)3/h5-6,11H,4H2,1-3H3,(H2,10,14)/t6-/m0/s1. The highest BCUT2D eigenvalue weighted by atomic mass is 32.1. The number of nitrogens with zero attached hydrogens (tertiary/aromatic N) is 2. The number of hydrogen-bond donors (Lipinski definition) is 2. The van der Waals surface area contributed by atoms with Crippen LogP contribution in [0.1, 0.15) is 11.8 Å². The fraction of sp³-hybridized carbons (Fsp3) is 0.556. The molecule has 1 aromatic heterocycles. The first kappa shape index (κ1) is 11.9. The van der Waals surface area contributed by atoms with Crippen LogP contribution in [0.3, 0.4) is 0 Å². The van der Waals surface area contributed by atoms with Crippen molar-refractivity contribution in [2.24, 2.45) is 5.73 Å². The van der Waals surface area contributed by atoms with Gasteiger partial charge in [-0.3, -0.25) is 4.79 Å². The number of hydrogen-bond acceptors (Lipinski definition) is 5. The second kappa shape index (κ2) is 5.09. The van der Waals surface area contributed by atoms with Gasteiger partial charge in [-0.2, -0.15) is 0 Å². The SMILES string of the molecule is C[C@H](NCc1cnc(N(C)C)s1)C(N)=O. The van der Waals surface area contributed by atoms with E-state index in [4.69, 9.17) is 5.73 Å². The molecule has 1 amide bonds. The Morgan fingerprint density at radius 3 is 2.87 bits per heavy atom. The molecule has 0 saturated carbocycles. The molecule has 0 aliphatic carbocycles. The molecule has 6 heteroatoms. The van der Waals surface area contributed by atoms with Gasteiger partial charge in [-0.25, -0.2) is 4.98 Å². The zero-order valence-corrected chi connectivity index (χ0v) is 9.97. The minimum absolute atomic E-state index is 0.310. The van der Waals surface area contributed by atoms with E-state index in [-0.39, 0.29) is 11.9 Å². The van der Waals surface area contributed by atoms with Crippen molar-refractivity contribution >= 4 is 22.4 Å². The van der Waals surface area contributed by atoms with Gasteiger partial charge in [0, 0.05) is 31.7 Å². The lowest BCUT2D eigenvalue weighted by atomic mass is 10.3. The van der Waals surface area contributed by atoms with E-state index < -0.39 is 0 Å². The molecule has 1 rings (SSSR count). The van der Waals surface area contributed by atoms with E-state index in [2.05, 4.69) is 10.3 Å². The summed E-state index contributed by atoms with van der Waals surface area (Å²) in [4.78, 5) is 18.0. The second-order valence-corrected chi connectivity index (χ2v) is 4.60. The summed E-state index contributed by atoms with van der Waals surface area (Å²) in [6.07, 6.45) is 1.81. The maximum Gasteiger partial charge on any atom is 0.234 e. The van der Waals surface area contributed by atoms with Crippen LogP contribution in [0.15, 0.2) is 6.20 Å². The molecule has 0 saturated heterocycles. The Kier molecular flexibility index (Phi) is 4.05. The first-order valence-corrected chi connectivity index (χ1v) is 5.47. The highest BCUT2D eigenvalue weighted by Crippen LogP contribution is 2.19. The van der Waals surface area contributed by atoms with Crippen molar-refractivity contribution in [3.05, 3.63) is 11.1 Å². The van der Waals surface area contributed by atoms with Crippen molar-refractivity contribution in [2.75, 3.05) is 19.0 Å². The maximum atomic E-state index is 10.8. The number of carbonyl (C=O) groups is 1. The Balaban J connectivity index is 2.47. The number of carbonyl (C=O) groups excluding carboxylic acids is 1. The molecule has 1 aromatic rings. The molecule has 0 spiro atoms. The van der Waals surface area contributed by atoms with Crippen LogP contribution >= 0.6 is 11.3 Å². The van der Waals surface area contributed by atoms with Crippen LogP contribution in [-0.4, -0.2) is 31.0 Å². The zero-order chi connectivity index (χ0) is 11.4.